The van der Waals surface area contributed by atoms with Crippen LogP contribution in [0, 0.1) is 6.92 Å². The van der Waals surface area contributed by atoms with Gasteiger partial charge >= 0.3 is 0 Å². The average molecular weight is 422 g/mol. The number of nitrogens with one attached hydrogen (secondary N) is 2. The molecule has 1 fully saturated rings. The van der Waals surface area contributed by atoms with Gasteiger partial charge in [-0.15, -0.1) is 0 Å². The van der Waals surface area contributed by atoms with Crippen LogP contribution in [0.25, 0.3) is 0 Å². The minimum absolute atomic E-state index is 0.0407. The van der Waals surface area contributed by atoms with E-state index in [1.165, 1.54) is 0 Å². The van der Waals surface area contributed by atoms with E-state index in [1.54, 1.807) is 6.07 Å². The van der Waals surface area contributed by atoms with Gasteiger partial charge in [-0.3, -0.25) is 14.4 Å². The van der Waals surface area contributed by atoms with Crippen molar-refractivity contribution in [3.63, 3.8) is 0 Å². The van der Waals surface area contributed by atoms with Crippen molar-refractivity contribution in [2.45, 2.75) is 45.1 Å². The first-order valence-corrected chi connectivity index (χ1v) is 11.0. The molecule has 0 spiro atoms. The van der Waals surface area contributed by atoms with Crippen LogP contribution in [-0.2, 0) is 16.0 Å². The number of aryl methyl sites for hydroxylation is 2. The zero-order valence-corrected chi connectivity index (χ0v) is 18.1. The summed E-state index contributed by atoms with van der Waals surface area (Å²) in [5, 5.41) is 5.92. The molecule has 0 unspecified atom stereocenters. The van der Waals surface area contributed by atoms with E-state index in [0.29, 0.717) is 31.6 Å². The second-order valence-corrected chi connectivity index (χ2v) is 8.03. The molecule has 0 aromatic heterocycles. The lowest BCUT2D eigenvalue weighted by Crippen LogP contribution is -2.47. The zero-order valence-electron chi connectivity index (χ0n) is 18.1. The van der Waals surface area contributed by atoms with E-state index >= 15 is 0 Å². The largest absolute Gasteiger partial charge is 0.353 e. The fourth-order valence-corrected chi connectivity index (χ4v) is 3.84. The van der Waals surface area contributed by atoms with Crippen molar-refractivity contribution in [2.75, 3.05) is 19.6 Å². The summed E-state index contributed by atoms with van der Waals surface area (Å²) in [5.74, 6) is -0.0469. The number of likely N-dealkylation sites (tertiary alicyclic amines) is 1. The molecule has 1 aliphatic heterocycles. The first-order valence-electron chi connectivity index (χ1n) is 11.0. The molecule has 2 aromatic rings. The van der Waals surface area contributed by atoms with Crippen LogP contribution in [0.4, 0.5) is 0 Å². The monoisotopic (exact) mass is 421 g/mol. The summed E-state index contributed by atoms with van der Waals surface area (Å²) < 4.78 is 0. The van der Waals surface area contributed by atoms with Crippen LogP contribution >= 0.6 is 0 Å². The summed E-state index contributed by atoms with van der Waals surface area (Å²) in [6.07, 6.45) is 3.02. The predicted molar refractivity (Wildman–Crippen MR) is 121 cm³/mol. The maximum Gasteiger partial charge on any atom is 0.251 e. The van der Waals surface area contributed by atoms with E-state index in [1.807, 2.05) is 60.4 Å². The molecule has 0 aliphatic carbocycles. The molecule has 2 N–H and O–H groups in total. The van der Waals surface area contributed by atoms with Gasteiger partial charge in [0.25, 0.3) is 5.91 Å². The van der Waals surface area contributed by atoms with Gasteiger partial charge in [0.1, 0.15) is 0 Å². The van der Waals surface area contributed by atoms with Crippen LogP contribution < -0.4 is 10.6 Å². The highest BCUT2D eigenvalue weighted by Crippen LogP contribution is 2.12. The fraction of sp³-hybridized carbons (Fsp3) is 0.400. The van der Waals surface area contributed by atoms with Gasteiger partial charge in [0.05, 0.1) is 0 Å². The zero-order chi connectivity index (χ0) is 22.1. The van der Waals surface area contributed by atoms with E-state index in [-0.39, 0.29) is 30.2 Å². The van der Waals surface area contributed by atoms with Gasteiger partial charge in [-0.2, -0.15) is 0 Å². The highest BCUT2D eigenvalue weighted by molar-refractivity contribution is 5.95. The number of hydrogen-bond donors (Lipinski definition) is 2. The van der Waals surface area contributed by atoms with Gasteiger partial charge in [-0.05, 0) is 43.4 Å². The summed E-state index contributed by atoms with van der Waals surface area (Å²) in [5.41, 5.74) is 2.71. The summed E-state index contributed by atoms with van der Waals surface area (Å²) in [7, 11) is 0. The number of nitrogens with zero attached hydrogens (tertiary/aromatic N) is 1. The molecule has 164 valence electrons. The lowest BCUT2D eigenvalue weighted by molar-refractivity contribution is -0.132. The molecule has 0 radical (unpaired) electrons. The second-order valence-electron chi connectivity index (χ2n) is 8.03. The number of hydrogen-bond acceptors (Lipinski definition) is 3. The Labute approximate surface area is 184 Å². The quantitative estimate of drug-likeness (QED) is 0.688. The van der Waals surface area contributed by atoms with E-state index in [4.69, 9.17) is 0 Å². The number of rotatable bonds is 8. The fourth-order valence-electron chi connectivity index (χ4n) is 3.84. The molecule has 6 nitrogen and oxygen atoms in total. The number of piperidine rings is 1. The third-order valence-corrected chi connectivity index (χ3v) is 5.71. The van der Waals surface area contributed by atoms with Crippen LogP contribution in [0.1, 0.15) is 47.2 Å². The molecule has 1 aliphatic rings. The smallest absolute Gasteiger partial charge is 0.251 e. The van der Waals surface area contributed by atoms with E-state index in [9.17, 15) is 14.4 Å². The summed E-state index contributed by atoms with van der Waals surface area (Å²) in [6, 6.07) is 17.5. The van der Waals surface area contributed by atoms with Gasteiger partial charge in [-0.1, -0.05) is 48.5 Å². The number of carbonyl (C=O) groups excluding carboxylic acids is 3. The minimum atomic E-state index is -0.150. The SMILES string of the molecule is Cc1ccccc1C(=O)NCCC(=O)N1CCC(NC(=O)CCc2ccccc2)CC1. The highest BCUT2D eigenvalue weighted by atomic mass is 16.2. The van der Waals surface area contributed by atoms with Crippen molar-refractivity contribution >= 4 is 17.7 Å². The normalized spacial score (nSPS) is 14.2. The van der Waals surface area contributed by atoms with Crippen LogP contribution in [0.3, 0.4) is 0 Å². The molecule has 2 aromatic carbocycles. The Kier molecular flexibility index (Phi) is 8.21. The van der Waals surface area contributed by atoms with E-state index in [2.05, 4.69) is 10.6 Å². The van der Waals surface area contributed by atoms with Crippen LogP contribution in [0.5, 0.6) is 0 Å². The Hall–Kier alpha value is -3.15. The maximum atomic E-state index is 12.5. The molecule has 6 heteroatoms. The van der Waals surface area contributed by atoms with Gasteiger partial charge < -0.3 is 15.5 Å². The van der Waals surface area contributed by atoms with Crippen molar-refractivity contribution in [1.82, 2.24) is 15.5 Å². The summed E-state index contributed by atoms with van der Waals surface area (Å²) in [4.78, 5) is 38.7. The third-order valence-electron chi connectivity index (χ3n) is 5.71. The van der Waals surface area contributed by atoms with Crippen LogP contribution in [0.2, 0.25) is 0 Å². The van der Waals surface area contributed by atoms with E-state index in [0.717, 1.165) is 30.4 Å². The number of amides is 3. The standard InChI is InChI=1S/C25H31N3O3/c1-19-7-5-6-10-22(19)25(31)26-16-13-24(30)28-17-14-21(15-18-28)27-23(29)12-11-20-8-3-2-4-9-20/h2-10,21H,11-18H2,1H3,(H,26,31)(H,27,29). The molecule has 0 saturated carbocycles. The lowest BCUT2D eigenvalue weighted by atomic mass is 10.0. The van der Waals surface area contributed by atoms with Gasteiger partial charge in [0, 0.05) is 44.1 Å². The van der Waals surface area contributed by atoms with Crippen LogP contribution in [-0.4, -0.2) is 48.3 Å². The first-order chi connectivity index (χ1) is 15.0. The Balaban J connectivity index is 1.32. The molecule has 31 heavy (non-hydrogen) atoms. The Morgan fingerprint density at radius 3 is 2.32 bits per heavy atom. The van der Waals surface area contributed by atoms with Gasteiger partial charge in [-0.25, -0.2) is 0 Å². The average Bonchev–Trinajstić information content (AvgIpc) is 2.79. The van der Waals surface area contributed by atoms with Crippen molar-refractivity contribution in [2.24, 2.45) is 0 Å². The van der Waals surface area contributed by atoms with Gasteiger partial charge in [0.15, 0.2) is 0 Å². The molecule has 1 heterocycles. The molecule has 3 amide bonds. The molecular weight excluding hydrogens is 390 g/mol. The van der Waals surface area contributed by atoms with Crippen molar-refractivity contribution in [3.8, 4) is 0 Å². The minimum Gasteiger partial charge on any atom is -0.353 e. The molecule has 0 atom stereocenters. The molecule has 0 bridgehead atoms. The van der Waals surface area contributed by atoms with Crippen molar-refractivity contribution < 1.29 is 14.4 Å². The predicted octanol–water partition coefficient (Wildman–Crippen LogP) is 2.85. The van der Waals surface area contributed by atoms with Crippen LogP contribution in [0.15, 0.2) is 54.6 Å². The Bertz CT molecular complexity index is 890. The molecule has 1 saturated heterocycles. The molecular formula is C25H31N3O3. The van der Waals surface area contributed by atoms with Gasteiger partial charge in [0.2, 0.25) is 11.8 Å². The molecule has 3 rings (SSSR count). The highest BCUT2D eigenvalue weighted by Gasteiger charge is 2.23. The third kappa shape index (κ3) is 6.95. The topological polar surface area (TPSA) is 78.5 Å². The van der Waals surface area contributed by atoms with Crippen molar-refractivity contribution in [1.29, 1.82) is 0 Å². The summed E-state index contributed by atoms with van der Waals surface area (Å²) in [6.45, 7) is 3.48. The van der Waals surface area contributed by atoms with E-state index < -0.39 is 0 Å². The Morgan fingerprint density at radius 2 is 1.61 bits per heavy atom. The maximum absolute atomic E-state index is 12.5. The van der Waals surface area contributed by atoms with Crippen molar-refractivity contribution in [3.05, 3.63) is 71.3 Å². The first kappa shape index (κ1) is 22.5. The number of benzene rings is 2. The summed E-state index contributed by atoms with van der Waals surface area (Å²) >= 11 is 0. The second kappa shape index (κ2) is 11.3. The Morgan fingerprint density at radius 1 is 0.935 bits per heavy atom. The number of carbonyl (C=O) groups is 3. The lowest BCUT2D eigenvalue weighted by Gasteiger charge is -2.32.